The van der Waals surface area contributed by atoms with E-state index in [4.69, 9.17) is 0 Å². The van der Waals surface area contributed by atoms with Crippen LogP contribution < -0.4 is 10.0 Å². The van der Waals surface area contributed by atoms with Gasteiger partial charge in [0.05, 0.1) is 11.8 Å². The van der Waals surface area contributed by atoms with Crippen LogP contribution >= 0.6 is 0 Å². The zero-order valence-electron chi connectivity index (χ0n) is 15.7. The van der Waals surface area contributed by atoms with E-state index in [1.54, 1.807) is 31.2 Å². The van der Waals surface area contributed by atoms with Gasteiger partial charge in [0.2, 0.25) is 10.0 Å². The summed E-state index contributed by atoms with van der Waals surface area (Å²) in [4.78, 5) is 12.5. The van der Waals surface area contributed by atoms with Gasteiger partial charge in [0.15, 0.2) is 0 Å². The summed E-state index contributed by atoms with van der Waals surface area (Å²) in [5, 5.41) is 3.05. The molecule has 0 spiro atoms. The van der Waals surface area contributed by atoms with Crippen molar-refractivity contribution in [2.75, 3.05) is 10.5 Å². The molecule has 26 heavy (non-hydrogen) atoms. The molecule has 0 aliphatic heterocycles. The Morgan fingerprint density at radius 3 is 2.19 bits per heavy atom. The minimum absolute atomic E-state index is 0.00336. The number of rotatable bonds is 7. The number of carbonyl (C=O) groups excluding carboxylic acids is 1. The van der Waals surface area contributed by atoms with Crippen molar-refractivity contribution in [2.24, 2.45) is 0 Å². The number of anilines is 1. The standard InChI is InChI=1S/C20H26N2O3S/c1-5-19(17-8-7-14(3)15(4)13-17)21-20(23)16-9-11-18(12-10-16)22-26(24,25)6-2/h7-13,19,22H,5-6H2,1-4H3,(H,21,23)/t19-/m0/s1. The monoisotopic (exact) mass is 374 g/mol. The fourth-order valence-corrected chi connectivity index (χ4v) is 3.22. The minimum Gasteiger partial charge on any atom is -0.345 e. The molecule has 6 heteroatoms. The molecule has 140 valence electrons. The first kappa shape index (κ1) is 20.0. The quantitative estimate of drug-likeness (QED) is 0.771. The Hall–Kier alpha value is -2.34. The molecule has 0 aromatic heterocycles. The molecule has 1 atom stereocenters. The second-order valence-corrected chi connectivity index (χ2v) is 8.37. The van der Waals surface area contributed by atoms with Gasteiger partial charge in [-0.25, -0.2) is 8.42 Å². The predicted molar refractivity (Wildman–Crippen MR) is 106 cm³/mol. The number of hydrogen-bond donors (Lipinski definition) is 2. The second kappa shape index (κ2) is 8.36. The van der Waals surface area contributed by atoms with E-state index in [2.05, 4.69) is 36.0 Å². The van der Waals surface area contributed by atoms with Crippen LogP contribution in [-0.2, 0) is 10.0 Å². The van der Waals surface area contributed by atoms with Gasteiger partial charge in [-0.3, -0.25) is 9.52 Å². The van der Waals surface area contributed by atoms with E-state index in [9.17, 15) is 13.2 Å². The SMILES string of the molecule is CC[C@H](NC(=O)c1ccc(NS(=O)(=O)CC)cc1)c1ccc(C)c(C)c1. The van der Waals surface area contributed by atoms with Crippen LogP contribution in [0.25, 0.3) is 0 Å². The van der Waals surface area contributed by atoms with Crippen LogP contribution in [0, 0.1) is 13.8 Å². The van der Waals surface area contributed by atoms with Crippen LogP contribution in [0.3, 0.4) is 0 Å². The number of amides is 1. The lowest BCUT2D eigenvalue weighted by molar-refractivity contribution is 0.0935. The number of nitrogens with one attached hydrogen (secondary N) is 2. The van der Waals surface area contributed by atoms with Crippen LogP contribution in [0.1, 0.15) is 53.4 Å². The normalized spacial score (nSPS) is 12.5. The summed E-state index contributed by atoms with van der Waals surface area (Å²) < 4.78 is 25.6. The molecular formula is C20H26N2O3S. The van der Waals surface area contributed by atoms with Crippen molar-refractivity contribution in [2.45, 2.75) is 40.2 Å². The number of carbonyl (C=O) groups is 1. The summed E-state index contributed by atoms with van der Waals surface area (Å²) in [6.45, 7) is 7.72. The molecule has 0 heterocycles. The molecule has 0 fully saturated rings. The Balaban J connectivity index is 2.11. The highest BCUT2D eigenvalue weighted by Crippen LogP contribution is 2.21. The van der Waals surface area contributed by atoms with Gasteiger partial charge < -0.3 is 5.32 Å². The number of sulfonamides is 1. The molecule has 0 aliphatic rings. The highest BCUT2D eigenvalue weighted by molar-refractivity contribution is 7.92. The van der Waals surface area contributed by atoms with Gasteiger partial charge in [0, 0.05) is 11.3 Å². The van der Waals surface area contributed by atoms with Crippen molar-refractivity contribution < 1.29 is 13.2 Å². The first-order chi connectivity index (χ1) is 12.3. The van der Waals surface area contributed by atoms with Gasteiger partial charge in [-0.2, -0.15) is 0 Å². The first-order valence-corrected chi connectivity index (χ1v) is 10.4. The highest BCUT2D eigenvalue weighted by atomic mass is 32.2. The van der Waals surface area contributed by atoms with Gasteiger partial charge in [-0.05, 0) is 68.1 Å². The molecule has 5 nitrogen and oxygen atoms in total. The third kappa shape index (κ3) is 5.08. The van der Waals surface area contributed by atoms with Gasteiger partial charge in [0.25, 0.3) is 5.91 Å². The summed E-state index contributed by atoms with van der Waals surface area (Å²) in [7, 11) is -3.32. The lowest BCUT2D eigenvalue weighted by Gasteiger charge is -2.19. The van der Waals surface area contributed by atoms with Crippen LogP contribution in [-0.4, -0.2) is 20.1 Å². The Bertz CT molecular complexity index is 874. The fraction of sp³-hybridized carbons (Fsp3) is 0.350. The minimum atomic E-state index is -3.32. The highest BCUT2D eigenvalue weighted by Gasteiger charge is 2.15. The number of benzene rings is 2. The molecule has 2 aromatic carbocycles. The van der Waals surface area contributed by atoms with Crippen LogP contribution in [0.4, 0.5) is 5.69 Å². The zero-order chi connectivity index (χ0) is 19.3. The molecule has 2 rings (SSSR count). The number of aryl methyl sites for hydroxylation is 2. The lowest BCUT2D eigenvalue weighted by Crippen LogP contribution is -2.28. The molecule has 1 amide bonds. The van der Waals surface area contributed by atoms with Gasteiger partial charge in [-0.15, -0.1) is 0 Å². The Morgan fingerprint density at radius 2 is 1.65 bits per heavy atom. The fourth-order valence-electron chi connectivity index (χ4n) is 2.59. The third-order valence-corrected chi connectivity index (χ3v) is 5.75. The van der Waals surface area contributed by atoms with E-state index in [-0.39, 0.29) is 17.7 Å². The summed E-state index contributed by atoms with van der Waals surface area (Å²) in [6, 6.07) is 12.6. The molecule has 2 N–H and O–H groups in total. The number of hydrogen-bond acceptors (Lipinski definition) is 3. The topological polar surface area (TPSA) is 75.3 Å². The van der Waals surface area contributed by atoms with E-state index < -0.39 is 10.0 Å². The maximum Gasteiger partial charge on any atom is 0.251 e. The Kier molecular flexibility index (Phi) is 6.42. The summed E-state index contributed by atoms with van der Waals surface area (Å²) in [6.07, 6.45) is 0.780. The molecule has 0 unspecified atom stereocenters. The average molecular weight is 375 g/mol. The maximum absolute atomic E-state index is 12.5. The molecule has 0 saturated carbocycles. The molecule has 0 radical (unpaired) electrons. The summed E-state index contributed by atoms with van der Waals surface area (Å²) >= 11 is 0. The van der Waals surface area contributed by atoms with Crippen molar-refractivity contribution in [3.05, 3.63) is 64.7 Å². The van der Waals surface area contributed by atoms with E-state index >= 15 is 0 Å². The molecule has 0 bridgehead atoms. The molecule has 0 saturated heterocycles. The van der Waals surface area contributed by atoms with Crippen LogP contribution in [0.2, 0.25) is 0 Å². The van der Waals surface area contributed by atoms with Gasteiger partial charge in [-0.1, -0.05) is 25.1 Å². The van der Waals surface area contributed by atoms with Crippen LogP contribution in [0.5, 0.6) is 0 Å². The second-order valence-electron chi connectivity index (χ2n) is 6.36. The molecular weight excluding hydrogens is 348 g/mol. The van der Waals surface area contributed by atoms with Crippen molar-refractivity contribution in [1.82, 2.24) is 5.32 Å². The Labute approximate surface area is 155 Å². The van der Waals surface area contributed by atoms with Crippen molar-refractivity contribution in [3.8, 4) is 0 Å². The predicted octanol–water partition coefficient (Wildman–Crippen LogP) is 3.95. The van der Waals surface area contributed by atoms with E-state index in [1.807, 2.05) is 13.0 Å². The van der Waals surface area contributed by atoms with Crippen molar-refractivity contribution >= 4 is 21.6 Å². The first-order valence-electron chi connectivity index (χ1n) is 8.74. The molecule has 0 aliphatic carbocycles. The lowest BCUT2D eigenvalue weighted by atomic mass is 9.99. The summed E-state index contributed by atoms with van der Waals surface area (Å²) in [5.74, 6) is -0.177. The van der Waals surface area contributed by atoms with E-state index in [0.29, 0.717) is 11.3 Å². The van der Waals surface area contributed by atoms with Crippen LogP contribution in [0.15, 0.2) is 42.5 Å². The zero-order valence-corrected chi connectivity index (χ0v) is 16.5. The maximum atomic E-state index is 12.5. The van der Waals surface area contributed by atoms with Gasteiger partial charge >= 0.3 is 0 Å². The molecule has 2 aromatic rings. The third-order valence-electron chi connectivity index (χ3n) is 4.45. The van der Waals surface area contributed by atoms with Crippen molar-refractivity contribution in [3.63, 3.8) is 0 Å². The van der Waals surface area contributed by atoms with Crippen molar-refractivity contribution in [1.29, 1.82) is 0 Å². The average Bonchev–Trinajstić information content (AvgIpc) is 2.62. The summed E-state index contributed by atoms with van der Waals surface area (Å²) in [5.41, 5.74) is 4.44. The van der Waals surface area contributed by atoms with Gasteiger partial charge in [0.1, 0.15) is 0 Å². The van der Waals surface area contributed by atoms with E-state index in [1.165, 1.54) is 11.1 Å². The Morgan fingerprint density at radius 1 is 1.00 bits per heavy atom. The largest absolute Gasteiger partial charge is 0.345 e. The smallest absolute Gasteiger partial charge is 0.251 e. The van der Waals surface area contributed by atoms with E-state index in [0.717, 1.165) is 12.0 Å².